The number of ketones is 1. The fourth-order valence-electron chi connectivity index (χ4n) is 2.47. The number of piperazine rings is 1. The number of hydrogen-bond donors (Lipinski definition) is 2. The lowest BCUT2D eigenvalue weighted by atomic mass is 10.1. The van der Waals surface area contributed by atoms with Gasteiger partial charge in [-0.05, 0) is 12.1 Å². The third kappa shape index (κ3) is 4.54. The first-order valence-corrected chi connectivity index (χ1v) is 7.15. The Balaban J connectivity index is 1.79. The molecular formula is C15H22N4O2. The molecule has 1 unspecified atom stereocenters. The highest BCUT2D eigenvalue weighted by Crippen LogP contribution is 2.15. The maximum absolute atomic E-state index is 11.9. The quantitative estimate of drug-likeness (QED) is 0.742. The Kier molecular flexibility index (Phi) is 5.30. The molecule has 1 saturated heterocycles. The minimum absolute atomic E-state index is 0.0805. The van der Waals surface area contributed by atoms with E-state index in [4.69, 9.17) is 11.5 Å². The summed E-state index contributed by atoms with van der Waals surface area (Å²) in [5.41, 5.74) is 11.9. The van der Waals surface area contributed by atoms with Crippen LogP contribution in [0.2, 0.25) is 0 Å². The number of rotatable bonds is 6. The Hall–Kier alpha value is -1.92. The van der Waals surface area contributed by atoms with Crippen molar-refractivity contribution in [3.63, 3.8) is 0 Å². The van der Waals surface area contributed by atoms with Gasteiger partial charge in [0.2, 0.25) is 5.91 Å². The predicted octanol–water partition coefficient (Wildman–Crippen LogP) is -0.420. The first-order valence-electron chi connectivity index (χ1n) is 7.15. The summed E-state index contributed by atoms with van der Waals surface area (Å²) in [5.74, 6) is -0.660. The number of hydrogen-bond acceptors (Lipinski definition) is 5. The summed E-state index contributed by atoms with van der Waals surface area (Å²) in [7, 11) is 0. The summed E-state index contributed by atoms with van der Waals surface area (Å²) in [5, 5.41) is 0. The van der Waals surface area contributed by atoms with Crippen LogP contribution in [0.5, 0.6) is 0 Å². The van der Waals surface area contributed by atoms with Gasteiger partial charge >= 0.3 is 0 Å². The first-order chi connectivity index (χ1) is 10.1. The van der Waals surface area contributed by atoms with E-state index in [1.54, 1.807) is 0 Å². The Morgan fingerprint density at radius 1 is 1.10 bits per heavy atom. The molecule has 0 aromatic heterocycles. The molecule has 4 N–H and O–H groups in total. The van der Waals surface area contributed by atoms with E-state index >= 15 is 0 Å². The molecule has 0 saturated carbocycles. The average molecular weight is 290 g/mol. The van der Waals surface area contributed by atoms with Crippen LogP contribution < -0.4 is 16.4 Å². The van der Waals surface area contributed by atoms with Gasteiger partial charge in [0.25, 0.3) is 0 Å². The van der Waals surface area contributed by atoms with Gasteiger partial charge in [-0.1, -0.05) is 18.2 Å². The molecule has 2 rings (SSSR count). The smallest absolute Gasteiger partial charge is 0.219 e. The van der Waals surface area contributed by atoms with Crippen LogP contribution in [0.3, 0.4) is 0 Å². The number of carbonyl (C=O) groups excluding carboxylic acids is 2. The van der Waals surface area contributed by atoms with Crippen LogP contribution in [-0.2, 0) is 9.59 Å². The summed E-state index contributed by atoms with van der Waals surface area (Å²) in [6.45, 7) is 3.66. The maximum atomic E-state index is 11.9. The van der Waals surface area contributed by atoms with Crippen molar-refractivity contribution < 1.29 is 9.59 Å². The van der Waals surface area contributed by atoms with Gasteiger partial charge in [-0.15, -0.1) is 0 Å². The number of nitrogens with two attached hydrogens (primary N) is 2. The summed E-state index contributed by atoms with van der Waals surface area (Å²) in [6.07, 6.45) is -0.0805. The molecule has 21 heavy (non-hydrogen) atoms. The number of nitrogens with zero attached hydrogens (tertiary/aromatic N) is 2. The van der Waals surface area contributed by atoms with Crippen LogP contribution in [0.1, 0.15) is 6.42 Å². The lowest BCUT2D eigenvalue weighted by molar-refractivity contribution is -0.125. The van der Waals surface area contributed by atoms with Crippen molar-refractivity contribution in [3.8, 4) is 0 Å². The minimum Gasteiger partial charge on any atom is -0.370 e. The van der Waals surface area contributed by atoms with Crippen molar-refractivity contribution in [3.05, 3.63) is 30.3 Å². The predicted molar refractivity (Wildman–Crippen MR) is 81.9 cm³/mol. The lowest BCUT2D eigenvalue weighted by Crippen LogP contribution is -2.50. The molecule has 0 aliphatic carbocycles. The summed E-state index contributed by atoms with van der Waals surface area (Å²) in [6, 6.07) is 9.43. The molecule has 6 nitrogen and oxygen atoms in total. The second-order valence-corrected chi connectivity index (χ2v) is 5.34. The molecule has 1 amide bonds. The van der Waals surface area contributed by atoms with Crippen molar-refractivity contribution in [2.24, 2.45) is 11.5 Å². The molecule has 114 valence electrons. The number of amides is 1. The Bertz CT molecular complexity index is 484. The summed E-state index contributed by atoms with van der Waals surface area (Å²) >= 11 is 0. The third-order valence-corrected chi connectivity index (χ3v) is 3.71. The number of anilines is 1. The SMILES string of the molecule is NC(=O)CC(N)C(=O)CN1CCN(c2ccccc2)CC1. The topological polar surface area (TPSA) is 92.7 Å². The molecule has 1 atom stereocenters. The van der Waals surface area contributed by atoms with Gasteiger partial charge in [-0.3, -0.25) is 14.5 Å². The second kappa shape index (κ2) is 7.19. The van der Waals surface area contributed by atoms with Gasteiger partial charge in [0.15, 0.2) is 5.78 Å². The fourth-order valence-corrected chi connectivity index (χ4v) is 2.47. The van der Waals surface area contributed by atoms with E-state index in [1.165, 1.54) is 5.69 Å². The summed E-state index contributed by atoms with van der Waals surface area (Å²) < 4.78 is 0. The van der Waals surface area contributed by atoms with Crippen LogP contribution in [0.25, 0.3) is 0 Å². The van der Waals surface area contributed by atoms with E-state index in [-0.39, 0.29) is 18.7 Å². The summed E-state index contributed by atoms with van der Waals surface area (Å²) in [4.78, 5) is 27.1. The Labute approximate surface area is 124 Å². The zero-order valence-electron chi connectivity index (χ0n) is 12.1. The van der Waals surface area contributed by atoms with Crippen molar-refractivity contribution in [2.45, 2.75) is 12.5 Å². The zero-order valence-corrected chi connectivity index (χ0v) is 12.1. The van der Waals surface area contributed by atoms with E-state index in [0.29, 0.717) is 0 Å². The van der Waals surface area contributed by atoms with Crippen molar-refractivity contribution in [1.29, 1.82) is 0 Å². The molecule has 1 heterocycles. The van der Waals surface area contributed by atoms with Crippen molar-refractivity contribution in [2.75, 3.05) is 37.6 Å². The van der Waals surface area contributed by atoms with Gasteiger partial charge in [0.1, 0.15) is 0 Å². The van der Waals surface area contributed by atoms with Gasteiger partial charge < -0.3 is 16.4 Å². The molecule has 1 aromatic carbocycles. The van der Waals surface area contributed by atoms with Gasteiger partial charge in [-0.2, -0.15) is 0 Å². The highest BCUT2D eigenvalue weighted by molar-refractivity contribution is 5.90. The number of carbonyl (C=O) groups is 2. The van der Waals surface area contributed by atoms with Crippen LogP contribution in [-0.4, -0.2) is 55.4 Å². The Morgan fingerprint density at radius 3 is 2.29 bits per heavy atom. The van der Waals surface area contributed by atoms with Crippen molar-refractivity contribution >= 4 is 17.4 Å². The molecular weight excluding hydrogens is 268 g/mol. The largest absolute Gasteiger partial charge is 0.370 e. The lowest BCUT2D eigenvalue weighted by Gasteiger charge is -2.36. The molecule has 6 heteroatoms. The first kappa shape index (κ1) is 15.5. The molecule has 1 aliphatic rings. The number of benzene rings is 1. The van der Waals surface area contributed by atoms with Crippen LogP contribution in [0.15, 0.2) is 30.3 Å². The zero-order chi connectivity index (χ0) is 15.2. The van der Waals surface area contributed by atoms with Crippen LogP contribution >= 0.6 is 0 Å². The molecule has 1 aliphatic heterocycles. The van der Waals surface area contributed by atoms with E-state index in [1.807, 2.05) is 18.2 Å². The normalized spacial score (nSPS) is 17.5. The third-order valence-electron chi connectivity index (χ3n) is 3.71. The molecule has 0 bridgehead atoms. The van der Waals surface area contributed by atoms with Crippen LogP contribution in [0.4, 0.5) is 5.69 Å². The molecule has 1 fully saturated rings. The fraction of sp³-hybridized carbons (Fsp3) is 0.467. The van der Waals surface area contributed by atoms with E-state index in [2.05, 4.69) is 21.9 Å². The van der Waals surface area contributed by atoms with E-state index in [9.17, 15) is 9.59 Å². The van der Waals surface area contributed by atoms with E-state index < -0.39 is 11.9 Å². The highest BCUT2D eigenvalue weighted by Gasteiger charge is 2.22. The molecule has 1 aromatic rings. The van der Waals surface area contributed by atoms with Crippen LogP contribution in [0, 0.1) is 0 Å². The van der Waals surface area contributed by atoms with Gasteiger partial charge in [0.05, 0.1) is 12.6 Å². The van der Waals surface area contributed by atoms with E-state index in [0.717, 1.165) is 26.2 Å². The molecule has 0 spiro atoms. The number of Topliss-reactive ketones (excluding diaryl/α,β-unsaturated/α-hetero) is 1. The van der Waals surface area contributed by atoms with Gasteiger partial charge in [0, 0.05) is 38.3 Å². The number of primary amides is 1. The highest BCUT2D eigenvalue weighted by atomic mass is 16.1. The minimum atomic E-state index is -0.783. The second-order valence-electron chi connectivity index (χ2n) is 5.34. The number of para-hydroxylation sites is 1. The standard InChI is InChI=1S/C15H22N4O2/c16-13(10-15(17)21)14(20)11-18-6-8-19(9-7-18)12-4-2-1-3-5-12/h1-5,13H,6-11,16H2,(H2,17,21). The van der Waals surface area contributed by atoms with Gasteiger partial charge in [-0.25, -0.2) is 0 Å². The average Bonchev–Trinajstić information content (AvgIpc) is 2.48. The van der Waals surface area contributed by atoms with Crippen molar-refractivity contribution in [1.82, 2.24) is 4.90 Å². The maximum Gasteiger partial charge on any atom is 0.219 e. The monoisotopic (exact) mass is 290 g/mol. The molecule has 0 radical (unpaired) electrons. The Morgan fingerprint density at radius 2 is 1.71 bits per heavy atom.